The molecule has 0 fully saturated rings. The van der Waals surface area contributed by atoms with Gasteiger partial charge in [-0.25, -0.2) is 0 Å². The van der Waals surface area contributed by atoms with Gasteiger partial charge in [0, 0.05) is 16.1 Å². The minimum absolute atomic E-state index is 0.285. The van der Waals surface area contributed by atoms with Gasteiger partial charge in [0.05, 0.1) is 0 Å². The maximum Gasteiger partial charge on any atom is 0.0496 e. The number of hydrogen-bond acceptors (Lipinski definition) is 0. The molecule has 6 rings (SSSR count). The van der Waals surface area contributed by atoms with E-state index in [4.69, 9.17) is 0 Å². The summed E-state index contributed by atoms with van der Waals surface area (Å²) in [5.74, 6) is 1.42. The Balaban J connectivity index is 0. The fourth-order valence-corrected chi connectivity index (χ4v) is 7.94. The number of aryl methyl sites for hydroxylation is 7. The van der Waals surface area contributed by atoms with Crippen LogP contribution in [0.3, 0.4) is 0 Å². The summed E-state index contributed by atoms with van der Waals surface area (Å²) in [6.07, 6.45) is 2.35. The molecule has 0 aliphatic heterocycles. The zero-order valence-corrected chi connectivity index (χ0v) is 53.6. The molecule has 0 aliphatic rings. The average Bonchev–Trinajstić information content (AvgIpc) is 3.29. The highest BCUT2D eigenvalue weighted by molar-refractivity contribution is 6.78. The number of rotatable bonds is 7. The maximum absolute atomic E-state index is 2.49. The summed E-state index contributed by atoms with van der Waals surface area (Å²) in [6.45, 7) is 56.0. The Kier molecular flexibility index (Phi) is 35.5. The van der Waals surface area contributed by atoms with E-state index < -0.39 is 16.1 Å². The van der Waals surface area contributed by atoms with Gasteiger partial charge in [-0.3, -0.25) is 0 Å². The molecule has 0 atom stereocenters. The molecule has 0 aromatic heterocycles. The van der Waals surface area contributed by atoms with Gasteiger partial charge in [0.25, 0.3) is 0 Å². The van der Waals surface area contributed by atoms with Gasteiger partial charge in [-0.05, 0) is 106 Å². The van der Waals surface area contributed by atoms with Gasteiger partial charge in [0.15, 0.2) is 0 Å². The van der Waals surface area contributed by atoms with Crippen LogP contribution in [0.5, 0.6) is 0 Å². The Morgan fingerprint density at radius 3 is 0.889 bits per heavy atom. The highest BCUT2D eigenvalue weighted by Gasteiger charge is 2.18. The van der Waals surface area contributed by atoms with Crippen molar-refractivity contribution >= 4 is 16.1 Å². The van der Waals surface area contributed by atoms with Crippen molar-refractivity contribution < 1.29 is 0 Å². The Hall–Kier alpha value is -4.25. The van der Waals surface area contributed by atoms with E-state index in [1.807, 2.05) is 18.2 Å². The van der Waals surface area contributed by atoms with E-state index in [0.29, 0.717) is 11.3 Å². The monoisotopic (exact) mass is 1010 g/mol. The molecule has 72 heavy (non-hydrogen) atoms. The molecule has 0 unspecified atom stereocenters. The highest BCUT2D eigenvalue weighted by atomic mass is 28.3. The summed E-state index contributed by atoms with van der Waals surface area (Å²) in [5.41, 5.74) is 15.7. The molecule has 0 saturated heterocycles. The first-order chi connectivity index (χ1) is 33.2. The topological polar surface area (TPSA) is 0 Å². The molecule has 6 aromatic rings. The van der Waals surface area contributed by atoms with Crippen molar-refractivity contribution in [2.45, 2.75) is 214 Å². The van der Waals surface area contributed by atoms with Crippen molar-refractivity contribution in [3.05, 3.63) is 213 Å². The van der Waals surface area contributed by atoms with Crippen LogP contribution in [0.15, 0.2) is 152 Å². The van der Waals surface area contributed by atoms with Gasteiger partial charge in [0.1, 0.15) is 0 Å². The molecule has 0 aliphatic carbocycles. The minimum Gasteiger partial charge on any atom is -0.0697 e. The third-order valence-electron chi connectivity index (χ3n) is 12.0. The third-order valence-corrected chi connectivity index (χ3v) is 17.1. The van der Waals surface area contributed by atoms with Gasteiger partial charge in [-0.2, -0.15) is 0 Å². The van der Waals surface area contributed by atoms with Crippen LogP contribution >= 0.6 is 0 Å². The predicted molar refractivity (Wildman–Crippen MR) is 339 cm³/mol. The average molecular weight is 1010 g/mol. The van der Waals surface area contributed by atoms with Crippen LogP contribution in [0.2, 0.25) is 50.9 Å². The lowest BCUT2D eigenvalue weighted by Gasteiger charge is -2.20. The first kappa shape index (κ1) is 69.8. The SMILES string of the molecule is CC[Si](C)(CC)CC.C[Si](C)(C)C.Cc1ccc(C(C)(C)C)cc1.Cc1ccc(C(C)C)cc1.Cc1ccc(C)cc1.Cc1ccc(CC(C)(C)C)cc1.Cc1ccc(CC(C)C)cc1.Cc1ccccc1. The van der Waals surface area contributed by atoms with Crippen LogP contribution in [0, 0.1) is 59.8 Å². The van der Waals surface area contributed by atoms with Crippen LogP contribution in [0.25, 0.3) is 0 Å². The summed E-state index contributed by atoms with van der Waals surface area (Å²) in [7, 11) is -1.28. The van der Waals surface area contributed by atoms with E-state index in [1.165, 1.54) is 85.8 Å². The Bertz CT molecular complexity index is 2130. The summed E-state index contributed by atoms with van der Waals surface area (Å²) < 4.78 is 0. The van der Waals surface area contributed by atoms with E-state index in [9.17, 15) is 0 Å². The van der Waals surface area contributed by atoms with Crippen LogP contribution < -0.4 is 0 Å². The molecule has 400 valence electrons. The Labute approximate surface area is 451 Å². The molecule has 0 bridgehead atoms. The second-order valence-electron chi connectivity index (χ2n) is 25.2. The number of benzene rings is 6. The lowest BCUT2D eigenvalue weighted by molar-refractivity contribution is 0.411. The van der Waals surface area contributed by atoms with E-state index in [1.54, 1.807) is 0 Å². The molecule has 6 aromatic carbocycles. The molecule has 0 N–H and O–H groups in total. The normalized spacial score (nSPS) is 10.8. The Morgan fingerprint density at radius 1 is 0.375 bits per heavy atom. The van der Waals surface area contributed by atoms with Crippen LogP contribution in [-0.4, -0.2) is 16.1 Å². The fraction of sp³-hybridized carbons (Fsp3) is 0.486. The van der Waals surface area contributed by atoms with Crippen molar-refractivity contribution in [3.8, 4) is 0 Å². The second-order valence-corrected chi connectivity index (χ2v) is 36.9. The number of hydrogen-bond donors (Lipinski definition) is 0. The third kappa shape index (κ3) is 41.3. The predicted octanol–water partition coefficient (Wildman–Crippen LogP) is 22.6. The van der Waals surface area contributed by atoms with Crippen molar-refractivity contribution in [1.82, 2.24) is 0 Å². The van der Waals surface area contributed by atoms with Crippen LogP contribution in [-0.2, 0) is 18.3 Å². The summed E-state index contributed by atoms with van der Waals surface area (Å²) in [4.78, 5) is 0. The van der Waals surface area contributed by atoms with Gasteiger partial charge in [0.2, 0.25) is 0 Å². The summed E-state index contributed by atoms with van der Waals surface area (Å²) in [6, 6.07) is 58.2. The zero-order chi connectivity index (χ0) is 55.7. The smallest absolute Gasteiger partial charge is 0.0496 e. The molecule has 0 amide bonds. The first-order valence-electron chi connectivity index (χ1n) is 27.5. The van der Waals surface area contributed by atoms with Crippen molar-refractivity contribution in [3.63, 3.8) is 0 Å². The van der Waals surface area contributed by atoms with Gasteiger partial charge in [-0.15, -0.1) is 0 Å². The van der Waals surface area contributed by atoms with E-state index in [-0.39, 0.29) is 5.41 Å². The molecule has 0 heterocycles. The first-order valence-corrected chi connectivity index (χ1v) is 34.6. The summed E-state index contributed by atoms with van der Waals surface area (Å²) in [5, 5.41) is 0. The highest BCUT2D eigenvalue weighted by Crippen LogP contribution is 2.23. The van der Waals surface area contributed by atoms with Gasteiger partial charge < -0.3 is 0 Å². The quantitative estimate of drug-likeness (QED) is 0.140. The van der Waals surface area contributed by atoms with E-state index >= 15 is 0 Å². The molecule has 0 nitrogen and oxygen atoms in total. The second kappa shape index (κ2) is 36.6. The van der Waals surface area contributed by atoms with Crippen LogP contribution in [0.4, 0.5) is 0 Å². The standard InChI is InChI=1S/C12H18.2C11H16.C10H14.C8H10.C7H18Si.C7H8.C4H12Si/c1-10-5-7-11(8-6-10)9-12(2,3)4;1-9-5-7-10(8-6-9)11(2,3)4;1-9(2)8-11-6-4-10(3)5-7-11;1-8(2)10-6-4-9(3)5-7-10;1-7-3-5-8(2)6-4-7;1-5-8(4,6-2)7-3;1-7-5-3-2-4-6-7;1-5(2,3)4/h5-8H,9H2,1-4H3;5-8H,1-4H3;4-7,9H,8H2,1-3H3;4-8H,1-3H3;3-6H,1-2H3;5-7H2,1-4H3;2-6H,1H3;1-4H3. The Morgan fingerprint density at radius 2 is 0.653 bits per heavy atom. The largest absolute Gasteiger partial charge is 0.0697 e. The molecule has 0 spiro atoms. The molecule has 0 radical (unpaired) electrons. The summed E-state index contributed by atoms with van der Waals surface area (Å²) >= 11 is 0. The van der Waals surface area contributed by atoms with Crippen molar-refractivity contribution in [1.29, 1.82) is 0 Å². The molecular weight excluding hydrogens is 897 g/mol. The van der Waals surface area contributed by atoms with Crippen LogP contribution in [0.1, 0.15) is 157 Å². The zero-order valence-electron chi connectivity index (χ0n) is 51.6. The van der Waals surface area contributed by atoms with E-state index in [0.717, 1.165) is 12.3 Å². The molecular formula is C70H112Si2. The maximum atomic E-state index is 2.49. The van der Waals surface area contributed by atoms with Crippen molar-refractivity contribution in [2.24, 2.45) is 11.3 Å². The van der Waals surface area contributed by atoms with Gasteiger partial charge in [-0.1, -0.05) is 331 Å². The van der Waals surface area contributed by atoms with Crippen molar-refractivity contribution in [2.75, 3.05) is 0 Å². The van der Waals surface area contributed by atoms with E-state index in [2.05, 4.69) is 305 Å². The lowest BCUT2D eigenvalue weighted by Crippen LogP contribution is -2.25. The lowest BCUT2D eigenvalue weighted by atomic mass is 9.87. The van der Waals surface area contributed by atoms with Gasteiger partial charge >= 0.3 is 0 Å². The molecule has 2 heteroatoms. The fourth-order valence-electron chi connectivity index (χ4n) is 6.44. The molecule has 0 saturated carbocycles. The minimum atomic E-state index is -0.671.